The van der Waals surface area contributed by atoms with Crippen LogP contribution in [0.15, 0.2) is 54.6 Å². The highest BCUT2D eigenvalue weighted by Crippen LogP contribution is 2.20. The van der Waals surface area contributed by atoms with Crippen LogP contribution in [-0.2, 0) is 22.5 Å². The van der Waals surface area contributed by atoms with Gasteiger partial charge in [-0.15, -0.1) is 0 Å². The van der Waals surface area contributed by atoms with E-state index in [1.807, 2.05) is 24.3 Å². The summed E-state index contributed by atoms with van der Waals surface area (Å²) in [4.78, 5) is 13.0. The summed E-state index contributed by atoms with van der Waals surface area (Å²) in [6, 6.07) is 18.5. The molecule has 2 aromatic carbocycles. The maximum atomic E-state index is 13.0. The second-order valence-electron chi connectivity index (χ2n) is 11.0. The largest absolute Gasteiger partial charge is 0.490 e. The SMILES string of the molecule is CCCCCCCCCCCc1cccc(OCCOC(=O)C(CCC)[N+](C)(C)Cc2ccccc2)c1. The second kappa shape index (κ2) is 18.0. The molecule has 0 N–H and O–H groups in total. The van der Waals surface area contributed by atoms with Gasteiger partial charge in [0.15, 0.2) is 6.04 Å². The molecule has 0 aliphatic heterocycles. The zero-order valence-corrected chi connectivity index (χ0v) is 24.1. The van der Waals surface area contributed by atoms with Crippen molar-refractivity contribution >= 4 is 5.97 Å². The monoisotopic (exact) mass is 510 g/mol. The van der Waals surface area contributed by atoms with Crippen molar-refractivity contribution in [1.29, 1.82) is 0 Å². The van der Waals surface area contributed by atoms with E-state index < -0.39 is 0 Å². The van der Waals surface area contributed by atoms with Gasteiger partial charge < -0.3 is 14.0 Å². The summed E-state index contributed by atoms with van der Waals surface area (Å²) in [5.74, 6) is 0.722. The van der Waals surface area contributed by atoms with Gasteiger partial charge in [-0.05, 0) is 37.0 Å². The van der Waals surface area contributed by atoms with Crippen molar-refractivity contribution in [3.05, 3.63) is 65.7 Å². The molecule has 0 bridgehead atoms. The summed E-state index contributed by atoms with van der Waals surface area (Å²) in [5.41, 5.74) is 2.55. The number of carbonyl (C=O) groups excluding carboxylic acids is 1. The number of hydrogen-bond donors (Lipinski definition) is 0. The maximum absolute atomic E-state index is 13.0. The lowest BCUT2D eigenvalue weighted by Gasteiger charge is -2.36. The molecule has 4 nitrogen and oxygen atoms in total. The summed E-state index contributed by atoms with van der Waals surface area (Å²) in [7, 11) is 4.23. The third-order valence-corrected chi connectivity index (χ3v) is 7.17. The highest BCUT2D eigenvalue weighted by molar-refractivity contribution is 5.74. The van der Waals surface area contributed by atoms with E-state index in [0.717, 1.165) is 31.6 Å². The van der Waals surface area contributed by atoms with Crippen molar-refractivity contribution in [2.75, 3.05) is 27.3 Å². The molecule has 0 saturated carbocycles. The van der Waals surface area contributed by atoms with Gasteiger partial charge in [-0.3, -0.25) is 0 Å². The Hall–Kier alpha value is -2.33. The lowest BCUT2D eigenvalue weighted by atomic mass is 10.0. The minimum Gasteiger partial charge on any atom is -0.490 e. The van der Waals surface area contributed by atoms with Crippen molar-refractivity contribution in [2.24, 2.45) is 0 Å². The van der Waals surface area contributed by atoms with E-state index in [2.05, 4.69) is 58.3 Å². The van der Waals surface area contributed by atoms with Gasteiger partial charge in [0.05, 0.1) is 14.1 Å². The summed E-state index contributed by atoms with van der Waals surface area (Å²) >= 11 is 0. The average Bonchev–Trinajstić information content (AvgIpc) is 2.89. The first-order valence-electron chi connectivity index (χ1n) is 14.7. The zero-order chi connectivity index (χ0) is 26.8. The summed E-state index contributed by atoms with van der Waals surface area (Å²) in [6.07, 6.45) is 15.0. The predicted octanol–water partition coefficient (Wildman–Crippen LogP) is 8.13. The fourth-order valence-corrected chi connectivity index (χ4v) is 5.02. The minimum absolute atomic E-state index is 0.134. The van der Waals surface area contributed by atoms with Gasteiger partial charge in [0, 0.05) is 12.0 Å². The van der Waals surface area contributed by atoms with E-state index in [-0.39, 0.29) is 18.6 Å². The molecule has 0 aliphatic rings. The second-order valence-corrected chi connectivity index (χ2v) is 11.0. The van der Waals surface area contributed by atoms with Gasteiger partial charge in [0.25, 0.3) is 0 Å². The van der Waals surface area contributed by atoms with Crippen LogP contribution >= 0.6 is 0 Å². The van der Waals surface area contributed by atoms with Crippen LogP contribution in [0.25, 0.3) is 0 Å². The molecule has 2 aromatic rings. The number of rotatable bonds is 20. The van der Waals surface area contributed by atoms with Gasteiger partial charge >= 0.3 is 5.97 Å². The number of ether oxygens (including phenoxy) is 2. The highest BCUT2D eigenvalue weighted by Gasteiger charge is 2.35. The Morgan fingerprint density at radius 2 is 1.41 bits per heavy atom. The molecule has 1 atom stereocenters. The van der Waals surface area contributed by atoms with Crippen LogP contribution < -0.4 is 4.74 Å². The smallest absolute Gasteiger partial charge is 0.365 e. The molecule has 0 spiro atoms. The standard InChI is InChI=1S/C33H52NO3/c1-5-7-8-9-10-11-12-13-15-20-29-23-18-24-31(27-29)36-25-26-37-33(35)32(19-6-2)34(3,4)28-30-21-16-14-17-22-30/h14,16-18,21-24,27,32H,5-13,15,19-20,25-26,28H2,1-4H3/q+1. The summed E-state index contributed by atoms with van der Waals surface area (Å²) in [6.45, 7) is 5.83. The Kier molecular flexibility index (Phi) is 15.0. The zero-order valence-electron chi connectivity index (χ0n) is 24.1. The molecule has 0 fully saturated rings. The Balaban J connectivity index is 1.70. The Labute approximate surface area is 227 Å². The molecule has 37 heavy (non-hydrogen) atoms. The molecule has 206 valence electrons. The third kappa shape index (κ3) is 12.6. The van der Waals surface area contributed by atoms with Gasteiger partial charge in [0.1, 0.15) is 25.5 Å². The lowest BCUT2D eigenvalue weighted by molar-refractivity contribution is -0.920. The fourth-order valence-electron chi connectivity index (χ4n) is 5.02. The van der Waals surface area contributed by atoms with Crippen LogP contribution in [-0.4, -0.2) is 43.8 Å². The first-order valence-corrected chi connectivity index (χ1v) is 14.7. The predicted molar refractivity (Wildman–Crippen MR) is 155 cm³/mol. The van der Waals surface area contributed by atoms with Crippen molar-refractivity contribution in [2.45, 2.75) is 103 Å². The van der Waals surface area contributed by atoms with E-state index in [9.17, 15) is 4.79 Å². The summed E-state index contributed by atoms with van der Waals surface area (Å²) in [5, 5.41) is 0. The van der Waals surface area contributed by atoms with Crippen LogP contribution in [0.5, 0.6) is 5.75 Å². The van der Waals surface area contributed by atoms with Gasteiger partial charge in [-0.1, -0.05) is 108 Å². The van der Waals surface area contributed by atoms with Crippen LogP contribution in [0.2, 0.25) is 0 Å². The van der Waals surface area contributed by atoms with E-state index in [1.54, 1.807) is 0 Å². The van der Waals surface area contributed by atoms with Crippen molar-refractivity contribution < 1.29 is 18.8 Å². The highest BCUT2D eigenvalue weighted by atomic mass is 16.6. The van der Waals surface area contributed by atoms with Crippen LogP contribution in [0.3, 0.4) is 0 Å². The molecular formula is C33H52NO3+. The van der Waals surface area contributed by atoms with Crippen LogP contribution in [0, 0.1) is 0 Å². The topological polar surface area (TPSA) is 35.5 Å². The number of unbranched alkanes of at least 4 members (excludes halogenated alkanes) is 8. The number of likely N-dealkylation sites (N-methyl/N-ethyl adjacent to an activating group) is 1. The summed E-state index contributed by atoms with van der Waals surface area (Å²) < 4.78 is 12.2. The molecule has 0 amide bonds. The van der Waals surface area contributed by atoms with Gasteiger partial charge in [0.2, 0.25) is 0 Å². The minimum atomic E-state index is -0.190. The molecule has 2 rings (SSSR count). The first-order chi connectivity index (χ1) is 18.0. The number of aryl methyl sites for hydroxylation is 1. The first kappa shape index (κ1) is 30.9. The van der Waals surface area contributed by atoms with E-state index in [0.29, 0.717) is 11.1 Å². The number of esters is 1. The number of benzene rings is 2. The molecular weight excluding hydrogens is 458 g/mol. The Bertz CT molecular complexity index is 865. The molecule has 0 aromatic heterocycles. The number of quaternary nitrogens is 1. The molecule has 0 saturated heterocycles. The van der Waals surface area contributed by atoms with Crippen molar-refractivity contribution in [1.82, 2.24) is 0 Å². The van der Waals surface area contributed by atoms with E-state index in [1.165, 1.54) is 68.9 Å². The van der Waals surface area contributed by atoms with Gasteiger partial charge in [-0.25, -0.2) is 4.79 Å². The van der Waals surface area contributed by atoms with Gasteiger partial charge in [-0.2, -0.15) is 0 Å². The molecule has 0 radical (unpaired) electrons. The number of hydrogen-bond acceptors (Lipinski definition) is 3. The van der Waals surface area contributed by atoms with E-state index >= 15 is 0 Å². The van der Waals surface area contributed by atoms with Crippen LogP contribution in [0.4, 0.5) is 0 Å². The van der Waals surface area contributed by atoms with Crippen molar-refractivity contribution in [3.63, 3.8) is 0 Å². The third-order valence-electron chi connectivity index (χ3n) is 7.17. The Morgan fingerprint density at radius 1 is 0.757 bits per heavy atom. The van der Waals surface area contributed by atoms with Crippen molar-refractivity contribution in [3.8, 4) is 5.75 Å². The average molecular weight is 511 g/mol. The molecule has 0 heterocycles. The number of nitrogens with zero attached hydrogens (tertiary/aromatic N) is 1. The number of carbonyl (C=O) groups is 1. The quantitative estimate of drug-likeness (QED) is 0.102. The molecule has 0 aliphatic carbocycles. The maximum Gasteiger partial charge on any atom is 0.365 e. The molecule has 4 heteroatoms. The lowest BCUT2D eigenvalue weighted by Crippen LogP contribution is -2.53. The van der Waals surface area contributed by atoms with E-state index in [4.69, 9.17) is 9.47 Å². The van der Waals surface area contributed by atoms with Crippen LogP contribution in [0.1, 0.15) is 95.6 Å². The Morgan fingerprint density at radius 3 is 2.08 bits per heavy atom. The fraction of sp³-hybridized carbons (Fsp3) is 0.606. The normalized spacial score (nSPS) is 12.3. The molecule has 1 unspecified atom stereocenters.